The van der Waals surface area contributed by atoms with Gasteiger partial charge in [0.25, 0.3) is 0 Å². The van der Waals surface area contributed by atoms with Crippen LogP contribution in [0.2, 0.25) is 0 Å². The Bertz CT molecular complexity index is 483. The summed E-state index contributed by atoms with van der Waals surface area (Å²) >= 11 is 0. The molecule has 2 rings (SSSR count). The lowest BCUT2D eigenvalue weighted by Crippen LogP contribution is -2.52. The third-order valence-corrected chi connectivity index (χ3v) is 3.06. The molecule has 6 heteroatoms. The van der Waals surface area contributed by atoms with E-state index >= 15 is 0 Å². The summed E-state index contributed by atoms with van der Waals surface area (Å²) in [7, 11) is 1.54. The number of carbonyl (C=O) groups is 2. The molecule has 1 aliphatic rings. The summed E-state index contributed by atoms with van der Waals surface area (Å²) in [5.41, 5.74) is 0.608. The van der Waals surface area contributed by atoms with Crippen LogP contribution in [0.15, 0.2) is 24.3 Å². The van der Waals surface area contributed by atoms with Crippen molar-refractivity contribution < 1.29 is 19.4 Å². The summed E-state index contributed by atoms with van der Waals surface area (Å²) in [4.78, 5) is 24.0. The molecule has 0 atom stereocenters. The highest BCUT2D eigenvalue weighted by Gasteiger charge is 2.32. The first kappa shape index (κ1) is 13.2. The Balaban J connectivity index is 1.87. The fraction of sp³-hybridized carbons (Fsp3) is 0.385. The zero-order valence-electron chi connectivity index (χ0n) is 10.6. The van der Waals surface area contributed by atoms with E-state index in [2.05, 4.69) is 5.32 Å². The van der Waals surface area contributed by atoms with Crippen molar-refractivity contribution >= 4 is 17.7 Å². The molecule has 0 radical (unpaired) electrons. The molecule has 0 unspecified atom stereocenters. The van der Waals surface area contributed by atoms with Gasteiger partial charge in [0.2, 0.25) is 0 Å². The molecule has 0 aliphatic carbocycles. The maximum Gasteiger partial charge on any atom is 0.321 e. The van der Waals surface area contributed by atoms with Gasteiger partial charge in [-0.2, -0.15) is 0 Å². The zero-order chi connectivity index (χ0) is 13.8. The molecule has 0 spiro atoms. The van der Waals surface area contributed by atoms with Crippen molar-refractivity contribution in [2.45, 2.75) is 6.42 Å². The van der Waals surface area contributed by atoms with E-state index < -0.39 is 5.97 Å². The largest absolute Gasteiger partial charge is 0.495 e. The number of carboxylic acids is 1. The van der Waals surface area contributed by atoms with Gasteiger partial charge in [-0.05, 0) is 12.1 Å². The number of hydrogen-bond donors (Lipinski definition) is 2. The lowest BCUT2D eigenvalue weighted by Gasteiger charge is -2.38. The van der Waals surface area contributed by atoms with Gasteiger partial charge in [-0.25, -0.2) is 4.79 Å². The molecule has 1 heterocycles. The summed E-state index contributed by atoms with van der Waals surface area (Å²) in [6.07, 6.45) is 0.110. The number of amides is 2. The van der Waals surface area contributed by atoms with Crippen molar-refractivity contribution in [3.63, 3.8) is 0 Å². The Morgan fingerprint density at radius 2 is 2.11 bits per heavy atom. The highest BCUT2D eigenvalue weighted by molar-refractivity contribution is 5.91. The number of benzene rings is 1. The Kier molecular flexibility index (Phi) is 3.89. The predicted molar refractivity (Wildman–Crippen MR) is 69.3 cm³/mol. The second-order valence-corrected chi connectivity index (χ2v) is 4.50. The summed E-state index contributed by atoms with van der Waals surface area (Å²) in [5.74, 6) is -0.172. The molecule has 1 aromatic rings. The first-order chi connectivity index (χ1) is 9.10. The topological polar surface area (TPSA) is 78.9 Å². The Hall–Kier alpha value is -2.24. The Morgan fingerprint density at radius 1 is 1.42 bits per heavy atom. The van der Waals surface area contributed by atoms with Gasteiger partial charge in [-0.1, -0.05) is 12.1 Å². The summed E-state index contributed by atoms with van der Waals surface area (Å²) < 4.78 is 5.14. The van der Waals surface area contributed by atoms with Crippen LogP contribution in [0.1, 0.15) is 6.42 Å². The predicted octanol–water partition coefficient (Wildman–Crippen LogP) is 1.63. The number of likely N-dealkylation sites (tertiary alicyclic amines) is 1. The highest BCUT2D eigenvalue weighted by atomic mass is 16.5. The third-order valence-electron chi connectivity index (χ3n) is 3.06. The van der Waals surface area contributed by atoms with Crippen molar-refractivity contribution in [2.75, 3.05) is 25.5 Å². The van der Waals surface area contributed by atoms with Crippen LogP contribution in [-0.4, -0.2) is 42.2 Å². The van der Waals surface area contributed by atoms with Crippen molar-refractivity contribution in [3.05, 3.63) is 24.3 Å². The SMILES string of the molecule is COc1ccccc1NC(=O)N1CC(CC(=O)O)C1. The molecule has 2 N–H and O–H groups in total. The number of carboxylic acid groups (broad SMARTS) is 1. The van der Waals surface area contributed by atoms with E-state index in [0.717, 1.165) is 0 Å². The molecule has 1 aromatic carbocycles. The van der Waals surface area contributed by atoms with Crippen LogP contribution < -0.4 is 10.1 Å². The number of rotatable bonds is 4. The molecule has 0 bridgehead atoms. The van der Waals surface area contributed by atoms with E-state index in [0.29, 0.717) is 24.5 Å². The lowest BCUT2D eigenvalue weighted by molar-refractivity contribution is -0.139. The van der Waals surface area contributed by atoms with Crippen LogP contribution in [0.4, 0.5) is 10.5 Å². The Labute approximate surface area is 111 Å². The second-order valence-electron chi connectivity index (χ2n) is 4.50. The molecule has 19 heavy (non-hydrogen) atoms. The van der Waals surface area contributed by atoms with E-state index in [4.69, 9.17) is 9.84 Å². The molecule has 102 valence electrons. The maximum absolute atomic E-state index is 11.9. The molecule has 1 saturated heterocycles. The summed E-state index contributed by atoms with van der Waals surface area (Å²) in [5, 5.41) is 11.4. The molecule has 0 saturated carbocycles. The van der Waals surface area contributed by atoms with Crippen molar-refractivity contribution in [1.29, 1.82) is 0 Å². The fourth-order valence-corrected chi connectivity index (χ4v) is 2.05. The molecule has 1 aliphatic heterocycles. The van der Waals surface area contributed by atoms with Gasteiger partial charge >= 0.3 is 12.0 Å². The van der Waals surface area contributed by atoms with Crippen LogP contribution in [-0.2, 0) is 4.79 Å². The highest BCUT2D eigenvalue weighted by Crippen LogP contribution is 2.25. The number of aliphatic carboxylic acids is 1. The van der Waals surface area contributed by atoms with Crippen molar-refractivity contribution in [3.8, 4) is 5.75 Å². The zero-order valence-corrected chi connectivity index (χ0v) is 10.6. The van der Waals surface area contributed by atoms with Crippen molar-refractivity contribution in [2.24, 2.45) is 5.92 Å². The van der Waals surface area contributed by atoms with Crippen LogP contribution in [0.25, 0.3) is 0 Å². The molecular weight excluding hydrogens is 248 g/mol. The van der Waals surface area contributed by atoms with Gasteiger partial charge in [-0.15, -0.1) is 0 Å². The van der Waals surface area contributed by atoms with Crippen LogP contribution in [0.3, 0.4) is 0 Å². The fourth-order valence-electron chi connectivity index (χ4n) is 2.05. The van der Waals surface area contributed by atoms with Crippen LogP contribution in [0.5, 0.6) is 5.75 Å². The average molecular weight is 264 g/mol. The van der Waals surface area contributed by atoms with E-state index in [9.17, 15) is 9.59 Å². The maximum atomic E-state index is 11.9. The average Bonchev–Trinajstić information content (AvgIpc) is 2.33. The number of urea groups is 1. The number of nitrogens with zero attached hydrogens (tertiary/aromatic N) is 1. The van der Waals surface area contributed by atoms with E-state index in [1.165, 1.54) is 7.11 Å². The third kappa shape index (κ3) is 3.15. The number of para-hydroxylation sites is 2. The van der Waals surface area contributed by atoms with Gasteiger partial charge in [0, 0.05) is 19.0 Å². The standard InChI is InChI=1S/C13H16N2O4/c1-19-11-5-3-2-4-10(11)14-13(18)15-7-9(8-15)6-12(16)17/h2-5,9H,6-8H2,1H3,(H,14,18)(H,16,17). The quantitative estimate of drug-likeness (QED) is 0.866. The Morgan fingerprint density at radius 3 is 2.74 bits per heavy atom. The smallest absolute Gasteiger partial charge is 0.321 e. The molecule has 2 amide bonds. The first-order valence-corrected chi connectivity index (χ1v) is 6.01. The molecule has 1 fully saturated rings. The normalized spacial score (nSPS) is 14.7. The van der Waals surface area contributed by atoms with Crippen molar-refractivity contribution in [1.82, 2.24) is 4.90 Å². The number of hydrogen-bond acceptors (Lipinski definition) is 3. The number of ether oxygens (including phenoxy) is 1. The minimum absolute atomic E-state index is 0.0564. The number of carbonyl (C=O) groups excluding carboxylic acids is 1. The van der Waals surface area contributed by atoms with Gasteiger partial charge in [0.05, 0.1) is 19.2 Å². The number of anilines is 1. The molecular formula is C13H16N2O4. The summed E-state index contributed by atoms with van der Waals surface area (Å²) in [6.45, 7) is 0.959. The van der Waals surface area contributed by atoms with E-state index in [-0.39, 0.29) is 18.4 Å². The lowest BCUT2D eigenvalue weighted by atomic mass is 9.97. The summed E-state index contributed by atoms with van der Waals surface area (Å²) in [6, 6.07) is 6.92. The minimum Gasteiger partial charge on any atom is -0.495 e. The van der Waals surface area contributed by atoms with Crippen LogP contribution in [0, 0.1) is 5.92 Å². The first-order valence-electron chi connectivity index (χ1n) is 6.01. The second kappa shape index (κ2) is 5.60. The number of methoxy groups -OCH3 is 1. The molecule has 6 nitrogen and oxygen atoms in total. The van der Waals surface area contributed by atoms with E-state index in [1.54, 1.807) is 17.0 Å². The van der Waals surface area contributed by atoms with Gasteiger partial charge < -0.3 is 20.1 Å². The van der Waals surface area contributed by atoms with Gasteiger partial charge in [0.1, 0.15) is 5.75 Å². The van der Waals surface area contributed by atoms with Gasteiger partial charge in [0.15, 0.2) is 0 Å². The van der Waals surface area contributed by atoms with Gasteiger partial charge in [-0.3, -0.25) is 4.79 Å². The number of nitrogens with one attached hydrogen (secondary N) is 1. The molecule has 0 aromatic heterocycles. The monoisotopic (exact) mass is 264 g/mol. The van der Waals surface area contributed by atoms with Crippen LogP contribution >= 0.6 is 0 Å². The van der Waals surface area contributed by atoms with E-state index in [1.807, 2.05) is 12.1 Å². The minimum atomic E-state index is -0.824.